The van der Waals surface area contributed by atoms with Gasteiger partial charge in [-0.3, -0.25) is 9.59 Å². The minimum absolute atomic E-state index is 0.0559. The quantitative estimate of drug-likeness (QED) is 0.766. The zero-order valence-corrected chi connectivity index (χ0v) is 16.0. The van der Waals surface area contributed by atoms with Crippen molar-refractivity contribution >= 4 is 11.9 Å². The molecule has 0 fully saturated rings. The van der Waals surface area contributed by atoms with Crippen molar-refractivity contribution < 1.29 is 24.2 Å². The Bertz CT molecular complexity index is 835. The molecule has 1 aromatic carbocycles. The molecule has 1 aromatic heterocycles. The molecule has 2 rings (SSSR count). The first kappa shape index (κ1) is 20.2. The highest BCUT2D eigenvalue weighted by molar-refractivity contribution is 5.77. The fourth-order valence-corrected chi connectivity index (χ4v) is 2.84. The van der Waals surface area contributed by atoms with Crippen molar-refractivity contribution in [2.75, 3.05) is 20.8 Å². The smallest absolute Gasteiger partial charge is 0.307 e. The lowest BCUT2D eigenvalue weighted by atomic mass is 9.98. The van der Waals surface area contributed by atoms with Crippen LogP contribution in [0.25, 0.3) is 11.1 Å². The van der Waals surface area contributed by atoms with Crippen LogP contribution >= 0.6 is 0 Å². The Labute approximate surface area is 158 Å². The third-order valence-corrected chi connectivity index (χ3v) is 4.23. The molecule has 0 aliphatic rings. The second-order valence-electron chi connectivity index (χ2n) is 5.99. The Hall–Kier alpha value is -3.09. The summed E-state index contributed by atoms with van der Waals surface area (Å²) in [6, 6.07) is 8.82. The number of ether oxygens (including phenoxy) is 2. The van der Waals surface area contributed by atoms with Crippen LogP contribution in [0.2, 0.25) is 0 Å². The molecule has 7 nitrogen and oxygen atoms in total. The summed E-state index contributed by atoms with van der Waals surface area (Å²) < 4.78 is 10.7. The van der Waals surface area contributed by atoms with Crippen LogP contribution in [0.15, 0.2) is 30.3 Å². The molecule has 27 heavy (non-hydrogen) atoms. The number of hydrogen-bond donors (Lipinski definition) is 1. The number of nitrogens with zero attached hydrogens (tertiary/aromatic N) is 2. The van der Waals surface area contributed by atoms with Crippen LogP contribution in [0.4, 0.5) is 0 Å². The van der Waals surface area contributed by atoms with E-state index in [2.05, 4.69) is 4.98 Å². The molecule has 0 atom stereocenters. The lowest BCUT2D eigenvalue weighted by molar-refractivity contribution is -0.136. The van der Waals surface area contributed by atoms with Crippen molar-refractivity contribution in [2.45, 2.75) is 26.8 Å². The molecule has 7 heteroatoms. The minimum Gasteiger partial charge on any atom is -0.496 e. The maximum Gasteiger partial charge on any atom is 0.307 e. The summed E-state index contributed by atoms with van der Waals surface area (Å²) in [5, 5.41) is 9.09. The number of pyridine rings is 1. The number of hydrogen-bond acceptors (Lipinski definition) is 5. The van der Waals surface area contributed by atoms with Gasteiger partial charge in [0.2, 0.25) is 11.8 Å². The van der Waals surface area contributed by atoms with E-state index in [1.165, 1.54) is 14.0 Å². The predicted octanol–water partition coefficient (Wildman–Crippen LogP) is 2.76. The predicted molar refractivity (Wildman–Crippen MR) is 101 cm³/mol. The Morgan fingerprint density at radius 3 is 2.41 bits per heavy atom. The lowest BCUT2D eigenvalue weighted by Gasteiger charge is -2.21. The van der Waals surface area contributed by atoms with Gasteiger partial charge in [-0.05, 0) is 30.7 Å². The van der Waals surface area contributed by atoms with E-state index in [1.807, 2.05) is 13.0 Å². The van der Waals surface area contributed by atoms with Gasteiger partial charge in [0.1, 0.15) is 5.75 Å². The molecule has 0 unspecified atom stereocenters. The number of carboxylic acids is 1. The Morgan fingerprint density at radius 1 is 1.11 bits per heavy atom. The number of methoxy groups -OCH3 is 2. The Kier molecular flexibility index (Phi) is 6.76. The normalized spacial score (nSPS) is 10.4. The van der Waals surface area contributed by atoms with Crippen LogP contribution in [-0.4, -0.2) is 47.6 Å². The first-order valence-corrected chi connectivity index (χ1v) is 8.58. The molecule has 0 radical (unpaired) electrons. The van der Waals surface area contributed by atoms with E-state index in [1.54, 1.807) is 36.3 Å². The zero-order chi connectivity index (χ0) is 20.0. The standard InChI is InChI=1S/C20H24N2O5/c1-5-22(13(2)23)12-17-15(7-9-19(21-17)27-4)16-10-14(11-20(24)25)6-8-18(16)26-3/h6-10H,5,11-12H2,1-4H3,(H,24,25). The second-order valence-corrected chi connectivity index (χ2v) is 5.99. The summed E-state index contributed by atoms with van der Waals surface area (Å²) in [6.07, 6.45) is -0.0928. The van der Waals surface area contributed by atoms with Crippen LogP contribution in [0.1, 0.15) is 25.1 Å². The Morgan fingerprint density at radius 2 is 1.85 bits per heavy atom. The van der Waals surface area contributed by atoms with Gasteiger partial charge in [-0.15, -0.1) is 0 Å². The molecule has 0 saturated heterocycles. The van der Waals surface area contributed by atoms with Gasteiger partial charge in [-0.1, -0.05) is 6.07 Å². The number of amides is 1. The molecule has 1 amide bonds. The third kappa shape index (κ3) is 4.97. The number of aliphatic carboxylic acids is 1. The molecule has 0 saturated carbocycles. The maximum absolute atomic E-state index is 11.9. The van der Waals surface area contributed by atoms with E-state index < -0.39 is 5.97 Å². The molecule has 1 heterocycles. The SMILES string of the molecule is CCN(Cc1nc(OC)ccc1-c1cc(CC(=O)O)ccc1OC)C(C)=O. The minimum atomic E-state index is -0.909. The van der Waals surface area contributed by atoms with E-state index in [0.29, 0.717) is 36.0 Å². The van der Waals surface area contributed by atoms with Crippen LogP contribution < -0.4 is 9.47 Å². The van der Waals surface area contributed by atoms with Crippen molar-refractivity contribution in [3.63, 3.8) is 0 Å². The average molecular weight is 372 g/mol. The molecule has 1 N–H and O–H groups in total. The van der Waals surface area contributed by atoms with Crippen molar-refractivity contribution in [1.82, 2.24) is 9.88 Å². The monoisotopic (exact) mass is 372 g/mol. The van der Waals surface area contributed by atoms with E-state index in [-0.39, 0.29) is 12.3 Å². The Balaban J connectivity index is 2.59. The van der Waals surface area contributed by atoms with Gasteiger partial charge in [-0.25, -0.2) is 4.98 Å². The van der Waals surface area contributed by atoms with Crippen molar-refractivity contribution in [3.8, 4) is 22.8 Å². The third-order valence-electron chi connectivity index (χ3n) is 4.23. The summed E-state index contributed by atoms with van der Waals surface area (Å²) in [4.78, 5) is 29.1. The van der Waals surface area contributed by atoms with Crippen LogP contribution in [0.3, 0.4) is 0 Å². The molecule has 0 bridgehead atoms. The lowest BCUT2D eigenvalue weighted by Crippen LogP contribution is -2.28. The second kappa shape index (κ2) is 9.02. The van der Waals surface area contributed by atoms with E-state index >= 15 is 0 Å². The van der Waals surface area contributed by atoms with Gasteiger partial charge >= 0.3 is 5.97 Å². The fourth-order valence-electron chi connectivity index (χ4n) is 2.84. The van der Waals surface area contributed by atoms with Crippen molar-refractivity contribution in [3.05, 3.63) is 41.6 Å². The van der Waals surface area contributed by atoms with E-state index in [9.17, 15) is 9.59 Å². The fraction of sp³-hybridized carbons (Fsp3) is 0.350. The molecule has 0 spiro atoms. The average Bonchev–Trinajstić information content (AvgIpc) is 2.65. The number of rotatable bonds is 8. The zero-order valence-electron chi connectivity index (χ0n) is 16.0. The van der Waals surface area contributed by atoms with Gasteiger partial charge in [-0.2, -0.15) is 0 Å². The highest BCUT2D eigenvalue weighted by Gasteiger charge is 2.17. The van der Waals surface area contributed by atoms with E-state index in [4.69, 9.17) is 14.6 Å². The molecule has 0 aliphatic carbocycles. The van der Waals surface area contributed by atoms with Crippen LogP contribution in [0, 0.1) is 0 Å². The van der Waals surface area contributed by atoms with Crippen LogP contribution in [0.5, 0.6) is 11.6 Å². The summed E-state index contributed by atoms with van der Waals surface area (Å²) in [6.45, 7) is 4.27. The van der Waals surface area contributed by atoms with Crippen molar-refractivity contribution in [1.29, 1.82) is 0 Å². The number of carboxylic acid groups (broad SMARTS) is 1. The first-order valence-electron chi connectivity index (χ1n) is 8.58. The van der Waals surface area contributed by atoms with E-state index in [0.717, 1.165) is 11.1 Å². The van der Waals surface area contributed by atoms with Gasteiger partial charge in [0.05, 0.1) is 32.9 Å². The molecule has 2 aromatic rings. The first-order chi connectivity index (χ1) is 12.9. The summed E-state index contributed by atoms with van der Waals surface area (Å²) in [5.74, 6) is 0.0739. The summed E-state index contributed by atoms with van der Waals surface area (Å²) >= 11 is 0. The van der Waals surface area contributed by atoms with Crippen LogP contribution in [-0.2, 0) is 22.6 Å². The summed E-state index contributed by atoms with van der Waals surface area (Å²) in [5.41, 5.74) is 2.79. The highest BCUT2D eigenvalue weighted by atomic mass is 16.5. The van der Waals surface area contributed by atoms with Crippen molar-refractivity contribution in [2.24, 2.45) is 0 Å². The van der Waals surface area contributed by atoms with Gasteiger partial charge in [0.15, 0.2) is 0 Å². The number of carbonyl (C=O) groups excluding carboxylic acids is 1. The van der Waals surface area contributed by atoms with Gasteiger partial charge in [0.25, 0.3) is 0 Å². The molecule has 0 aliphatic heterocycles. The molecular formula is C20H24N2O5. The largest absolute Gasteiger partial charge is 0.496 e. The van der Waals surface area contributed by atoms with Gasteiger partial charge in [0, 0.05) is 30.7 Å². The molecule has 144 valence electrons. The number of carbonyl (C=O) groups is 2. The van der Waals surface area contributed by atoms with Gasteiger partial charge < -0.3 is 19.5 Å². The maximum atomic E-state index is 11.9. The molecular weight excluding hydrogens is 348 g/mol. The topological polar surface area (TPSA) is 89.0 Å². The number of aromatic nitrogens is 1. The number of benzene rings is 1. The highest BCUT2D eigenvalue weighted by Crippen LogP contribution is 2.34. The summed E-state index contributed by atoms with van der Waals surface area (Å²) in [7, 11) is 3.09.